The van der Waals surface area contributed by atoms with Gasteiger partial charge in [-0.1, -0.05) is 17.7 Å². The maximum absolute atomic E-state index is 12.6. The van der Waals surface area contributed by atoms with Gasteiger partial charge in [0.2, 0.25) is 0 Å². The maximum atomic E-state index is 12.6. The van der Waals surface area contributed by atoms with Gasteiger partial charge in [0.25, 0.3) is 11.5 Å². The van der Waals surface area contributed by atoms with Crippen molar-refractivity contribution in [3.8, 4) is 0 Å². The number of fused-ring (bicyclic) bond motifs is 1. The van der Waals surface area contributed by atoms with E-state index in [1.807, 2.05) is 25.1 Å². The van der Waals surface area contributed by atoms with E-state index in [9.17, 15) is 22.8 Å². The molecule has 126 valence electrons. The van der Waals surface area contributed by atoms with Crippen LogP contribution >= 0.6 is 11.8 Å². The lowest BCUT2D eigenvalue weighted by Crippen LogP contribution is -2.33. The predicted molar refractivity (Wildman–Crippen MR) is 84.2 cm³/mol. The molecule has 8 heteroatoms. The Bertz CT molecular complexity index is 861. The van der Waals surface area contributed by atoms with E-state index in [1.54, 1.807) is 16.7 Å². The van der Waals surface area contributed by atoms with Crippen molar-refractivity contribution in [3.63, 3.8) is 0 Å². The number of benzene rings is 1. The van der Waals surface area contributed by atoms with Crippen molar-refractivity contribution in [2.75, 3.05) is 5.75 Å². The van der Waals surface area contributed by atoms with E-state index >= 15 is 0 Å². The molecule has 1 aliphatic rings. The number of rotatable bonds is 2. The second-order valence-electron chi connectivity index (χ2n) is 5.49. The van der Waals surface area contributed by atoms with Gasteiger partial charge in [-0.15, -0.1) is 11.8 Å². The van der Waals surface area contributed by atoms with Crippen LogP contribution in [0.2, 0.25) is 0 Å². The fourth-order valence-electron chi connectivity index (χ4n) is 2.51. The zero-order valence-corrected chi connectivity index (χ0v) is 13.3. The third-order valence-electron chi connectivity index (χ3n) is 3.71. The predicted octanol–water partition coefficient (Wildman–Crippen LogP) is 3.28. The molecule has 0 bridgehead atoms. The number of hydrogen-bond acceptors (Lipinski definition) is 3. The summed E-state index contributed by atoms with van der Waals surface area (Å²) in [5, 5.41) is 2.72. The largest absolute Gasteiger partial charge is 0.431 e. The minimum absolute atomic E-state index is 0.279. The number of H-pyrrole nitrogens is 1. The fraction of sp³-hybridized carbons (Fsp3) is 0.250. The van der Waals surface area contributed by atoms with Crippen LogP contribution in [0.25, 0.3) is 0 Å². The molecule has 0 spiro atoms. The normalized spacial score (nSPS) is 16.8. The van der Waals surface area contributed by atoms with E-state index in [4.69, 9.17) is 0 Å². The van der Waals surface area contributed by atoms with Crippen molar-refractivity contribution in [2.24, 2.45) is 0 Å². The Morgan fingerprint density at radius 3 is 2.71 bits per heavy atom. The smallest absolute Gasteiger partial charge is 0.344 e. The summed E-state index contributed by atoms with van der Waals surface area (Å²) in [6.07, 6.45) is -4.66. The molecule has 0 saturated carbocycles. The molecule has 1 aromatic heterocycles. The van der Waals surface area contributed by atoms with Gasteiger partial charge in [-0.3, -0.25) is 9.59 Å². The molecule has 3 rings (SSSR count). The first-order chi connectivity index (χ1) is 11.3. The number of carbonyl (C=O) groups excluding carboxylic acids is 1. The number of aromatic nitrogens is 1. The number of hydrogen-bond donors (Lipinski definition) is 2. The highest BCUT2D eigenvalue weighted by molar-refractivity contribution is 7.99. The molecule has 4 nitrogen and oxygen atoms in total. The van der Waals surface area contributed by atoms with Crippen molar-refractivity contribution < 1.29 is 18.0 Å². The zero-order chi connectivity index (χ0) is 17.5. The molecular formula is C16H13F3N2O2S. The SMILES string of the molecule is Cc1ccc2c(c1)C(NC(=O)c1ccc(C(F)(F)F)[nH]c1=O)CS2. The van der Waals surface area contributed by atoms with Gasteiger partial charge in [-0.25, -0.2) is 0 Å². The van der Waals surface area contributed by atoms with Gasteiger partial charge in [-0.05, 0) is 30.7 Å². The lowest BCUT2D eigenvalue weighted by atomic mass is 10.1. The van der Waals surface area contributed by atoms with Crippen molar-refractivity contribution >= 4 is 17.7 Å². The van der Waals surface area contributed by atoms with Gasteiger partial charge in [-0.2, -0.15) is 13.2 Å². The van der Waals surface area contributed by atoms with Gasteiger partial charge < -0.3 is 10.3 Å². The number of amides is 1. The number of alkyl halides is 3. The first kappa shape index (κ1) is 16.6. The Morgan fingerprint density at radius 2 is 2.04 bits per heavy atom. The average Bonchev–Trinajstić information content (AvgIpc) is 2.88. The van der Waals surface area contributed by atoms with Crippen LogP contribution in [0.3, 0.4) is 0 Å². The van der Waals surface area contributed by atoms with Crippen LogP contribution in [0.4, 0.5) is 13.2 Å². The third kappa shape index (κ3) is 3.19. The first-order valence-electron chi connectivity index (χ1n) is 7.10. The molecule has 0 radical (unpaired) electrons. The van der Waals surface area contributed by atoms with Crippen LogP contribution in [0.1, 0.15) is 33.2 Å². The molecule has 1 aromatic carbocycles. The van der Waals surface area contributed by atoms with Crippen LogP contribution in [-0.2, 0) is 6.18 Å². The highest BCUT2D eigenvalue weighted by Crippen LogP contribution is 2.38. The highest BCUT2D eigenvalue weighted by atomic mass is 32.2. The van der Waals surface area contributed by atoms with Crippen LogP contribution in [0.15, 0.2) is 40.0 Å². The molecule has 24 heavy (non-hydrogen) atoms. The second kappa shape index (κ2) is 6.01. The summed E-state index contributed by atoms with van der Waals surface area (Å²) >= 11 is 1.58. The lowest BCUT2D eigenvalue weighted by Gasteiger charge is -2.14. The molecule has 0 fully saturated rings. The Morgan fingerprint density at radius 1 is 1.29 bits per heavy atom. The summed E-state index contributed by atoms with van der Waals surface area (Å²) in [5.74, 6) is -0.0757. The number of halogens is 3. The summed E-state index contributed by atoms with van der Waals surface area (Å²) in [7, 11) is 0. The van der Waals surface area contributed by atoms with E-state index in [-0.39, 0.29) is 11.6 Å². The molecule has 1 unspecified atom stereocenters. The molecule has 1 atom stereocenters. The van der Waals surface area contributed by atoms with E-state index in [1.165, 1.54) is 0 Å². The summed E-state index contributed by atoms with van der Waals surface area (Å²) in [6.45, 7) is 1.93. The molecule has 0 saturated heterocycles. The zero-order valence-electron chi connectivity index (χ0n) is 12.5. The number of pyridine rings is 1. The monoisotopic (exact) mass is 354 g/mol. The van der Waals surface area contributed by atoms with E-state index in [0.29, 0.717) is 11.8 Å². The summed E-state index contributed by atoms with van der Waals surface area (Å²) < 4.78 is 37.7. The van der Waals surface area contributed by atoms with Gasteiger partial charge >= 0.3 is 6.18 Å². The fourth-order valence-corrected chi connectivity index (χ4v) is 3.65. The van der Waals surface area contributed by atoms with E-state index in [2.05, 4.69) is 5.32 Å². The topological polar surface area (TPSA) is 62.0 Å². The van der Waals surface area contributed by atoms with Crippen LogP contribution < -0.4 is 10.9 Å². The number of carbonyl (C=O) groups is 1. The molecule has 1 amide bonds. The number of nitrogens with one attached hydrogen (secondary N) is 2. The number of thioether (sulfide) groups is 1. The first-order valence-corrected chi connectivity index (χ1v) is 8.09. The quantitative estimate of drug-likeness (QED) is 0.870. The van der Waals surface area contributed by atoms with Crippen LogP contribution in [0.5, 0.6) is 0 Å². The Kier molecular flexibility index (Phi) is 4.16. The van der Waals surface area contributed by atoms with Crippen LogP contribution in [-0.4, -0.2) is 16.6 Å². The van der Waals surface area contributed by atoms with Gasteiger partial charge in [0.1, 0.15) is 11.3 Å². The number of aromatic amines is 1. The molecular weight excluding hydrogens is 341 g/mol. The van der Waals surface area contributed by atoms with Gasteiger partial charge in [0.05, 0.1) is 6.04 Å². The Labute approximate surface area is 139 Å². The van der Waals surface area contributed by atoms with Crippen molar-refractivity contribution in [1.82, 2.24) is 10.3 Å². The van der Waals surface area contributed by atoms with Crippen molar-refractivity contribution in [2.45, 2.75) is 24.0 Å². The van der Waals surface area contributed by atoms with Gasteiger partial charge in [0, 0.05) is 10.6 Å². The average molecular weight is 354 g/mol. The molecule has 2 aromatic rings. The third-order valence-corrected chi connectivity index (χ3v) is 4.89. The molecule has 1 aliphatic heterocycles. The minimum atomic E-state index is -4.66. The molecule has 2 heterocycles. The Balaban J connectivity index is 1.82. The maximum Gasteiger partial charge on any atom is 0.431 e. The lowest BCUT2D eigenvalue weighted by molar-refractivity contribution is -0.141. The van der Waals surface area contributed by atoms with Gasteiger partial charge in [0.15, 0.2) is 0 Å². The number of aryl methyl sites for hydroxylation is 1. The van der Waals surface area contributed by atoms with Crippen LogP contribution in [0, 0.1) is 6.92 Å². The van der Waals surface area contributed by atoms with Crippen molar-refractivity contribution in [1.29, 1.82) is 0 Å². The Hall–Kier alpha value is -2.22. The van der Waals surface area contributed by atoms with E-state index in [0.717, 1.165) is 22.1 Å². The standard InChI is InChI=1S/C16H13F3N2O2S/c1-8-2-4-12-10(6-8)11(7-24-12)20-14(22)9-3-5-13(16(17,18)19)21-15(9)23/h2-6,11H,7H2,1H3,(H,20,22)(H,21,23). The minimum Gasteiger partial charge on any atom is -0.344 e. The second-order valence-corrected chi connectivity index (χ2v) is 6.55. The molecule has 2 N–H and O–H groups in total. The summed E-state index contributed by atoms with van der Waals surface area (Å²) in [6, 6.07) is 7.20. The van der Waals surface area contributed by atoms with Crippen molar-refractivity contribution in [3.05, 3.63) is 63.1 Å². The summed E-state index contributed by atoms with van der Waals surface area (Å²) in [5.41, 5.74) is -0.576. The highest BCUT2D eigenvalue weighted by Gasteiger charge is 2.32. The van der Waals surface area contributed by atoms with E-state index < -0.39 is 23.3 Å². The molecule has 0 aliphatic carbocycles. The summed E-state index contributed by atoms with van der Waals surface area (Å²) in [4.78, 5) is 26.8.